The molecule has 0 saturated carbocycles. The molecule has 4 rings (SSSR count). The Morgan fingerprint density at radius 3 is 2.42 bits per heavy atom. The standard InChI is InChI=1S/C28H29Cl2N3O3/c1-19-16-33(26-11-10-24(14-25(26)30)36-13-12-34)27(21-6-8-23(29)9-7-21)17-32(19)18-28(35)22-4-2-20(15-31)3-5-22/h2-11,14,19,27-28,34-35H,12-13,16-18H2,1H3/t19-,27+,28-/m1/s1. The molecule has 0 bridgehead atoms. The first kappa shape index (κ1) is 26.3. The Morgan fingerprint density at radius 1 is 1.06 bits per heavy atom. The third kappa shape index (κ3) is 6.12. The predicted octanol–water partition coefficient (Wildman–Crippen LogP) is 5.22. The first-order valence-electron chi connectivity index (χ1n) is 11.9. The number of hydrogen-bond acceptors (Lipinski definition) is 6. The van der Waals surface area contributed by atoms with Gasteiger partial charge in [0.15, 0.2) is 0 Å². The number of aliphatic hydroxyl groups is 2. The van der Waals surface area contributed by atoms with Gasteiger partial charge in [0.2, 0.25) is 0 Å². The minimum atomic E-state index is -0.677. The predicted molar refractivity (Wildman–Crippen MR) is 143 cm³/mol. The van der Waals surface area contributed by atoms with E-state index in [2.05, 4.69) is 22.8 Å². The molecule has 0 unspecified atom stereocenters. The summed E-state index contributed by atoms with van der Waals surface area (Å²) in [6, 6.07) is 22.7. The van der Waals surface area contributed by atoms with Crippen LogP contribution in [0.25, 0.3) is 0 Å². The molecule has 3 aromatic rings. The van der Waals surface area contributed by atoms with Gasteiger partial charge < -0.3 is 19.8 Å². The number of hydrogen-bond donors (Lipinski definition) is 2. The number of nitriles is 1. The minimum Gasteiger partial charge on any atom is -0.491 e. The summed E-state index contributed by atoms with van der Waals surface area (Å²) >= 11 is 12.9. The van der Waals surface area contributed by atoms with E-state index in [1.807, 2.05) is 36.4 Å². The molecule has 0 radical (unpaired) electrons. The van der Waals surface area contributed by atoms with E-state index in [0.717, 1.165) is 16.8 Å². The van der Waals surface area contributed by atoms with Gasteiger partial charge in [-0.25, -0.2) is 0 Å². The third-order valence-corrected chi connectivity index (χ3v) is 7.10. The number of β-amino-alcohol motifs (C(OH)–C–C–N with tert-alkyl or cyclic N) is 1. The van der Waals surface area contributed by atoms with E-state index in [-0.39, 0.29) is 25.3 Å². The fourth-order valence-corrected chi connectivity index (χ4v) is 5.01. The Bertz CT molecular complexity index is 1200. The van der Waals surface area contributed by atoms with Crippen LogP contribution in [0.3, 0.4) is 0 Å². The van der Waals surface area contributed by atoms with Crippen molar-refractivity contribution in [3.63, 3.8) is 0 Å². The van der Waals surface area contributed by atoms with Gasteiger partial charge >= 0.3 is 0 Å². The number of rotatable bonds is 8. The molecule has 3 atom stereocenters. The maximum Gasteiger partial charge on any atom is 0.121 e. The molecule has 3 aromatic carbocycles. The summed E-state index contributed by atoms with van der Waals surface area (Å²) < 4.78 is 5.52. The van der Waals surface area contributed by atoms with E-state index in [9.17, 15) is 5.11 Å². The molecule has 1 aliphatic heterocycles. The first-order valence-corrected chi connectivity index (χ1v) is 12.6. The molecule has 1 fully saturated rings. The molecule has 1 saturated heterocycles. The van der Waals surface area contributed by atoms with Gasteiger partial charge in [0.1, 0.15) is 12.4 Å². The van der Waals surface area contributed by atoms with Crippen LogP contribution < -0.4 is 9.64 Å². The third-order valence-electron chi connectivity index (χ3n) is 6.54. The zero-order valence-electron chi connectivity index (χ0n) is 20.0. The summed E-state index contributed by atoms with van der Waals surface area (Å²) in [6.07, 6.45) is -0.677. The lowest BCUT2D eigenvalue weighted by atomic mass is 9.97. The van der Waals surface area contributed by atoms with Crippen LogP contribution in [0.4, 0.5) is 5.69 Å². The quantitative estimate of drug-likeness (QED) is 0.419. The topological polar surface area (TPSA) is 80.0 Å². The van der Waals surface area contributed by atoms with Crippen molar-refractivity contribution in [2.24, 2.45) is 0 Å². The lowest BCUT2D eigenvalue weighted by molar-refractivity contribution is 0.0740. The number of piperazine rings is 1. The molecular weight excluding hydrogens is 497 g/mol. The van der Waals surface area contributed by atoms with Crippen LogP contribution in [-0.4, -0.2) is 54.0 Å². The fraction of sp³-hybridized carbons (Fsp3) is 0.321. The minimum absolute atomic E-state index is 0.0201. The molecular formula is C28H29Cl2N3O3. The summed E-state index contributed by atoms with van der Waals surface area (Å²) in [5, 5.41) is 30.3. The van der Waals surface area contributed by atoms with Crippen molar-refractivity contribution in [2.75, 3.05) is 37.7 Å². The molecule has 8 heteroatoms. The molecule has 2 N–H and O–H groups in total. The highest BCUT2D eigenvalue weighted by molar-refractivity contribution is 6.33. The van der Waals surface area contributed by atoms with Crippen molar-refractivity contribution in [2.45, 2.75) is 25.1 Å². The van der Waals surface area contributed by atoms with E-state index >= 15 is 0 Å². The molecule has 0 aliphatic carbocycles. The monoisotopic (exact) mass is 525 g/mol. The Hall–Kier alpha value is -2.79. The average molecular weight is 526 g/mol. The summed E-state index contributed by atoms with van der Waals surface area (Å²) in [7, 11) is 0. The molecule has 6 nitrogen and oxygen atoms in total. The number of nitrogens with zero attached hydrogens (tertiary/aromatic N) is 3. The zero-order valence-corrected chi connectivity index (χ0v) is 21.5. The number of halogens is 2. The van der Waals surface area contributed by atoms with E-state index in [4.69, 9.17) is 38.3 Å². The maximum absolute atomic E-state index is 11.0. The van der Waals surface area contributed by atoms with Crippen LogP contribution in [0.15, 0.2) is 66.7 Å². The van der Waals surface area contributed by atoms with Gasteiger partial charge in [-0.2, -0.15) is 5.26 Å². The fourth-order valence-electron chi connectivity index (χ4n) is 4.60. The lowest BCUT2D eigenvalue weighted by Crippen LogP contribution is -2.54. The van der Waals surface area contributed by atoms with Crippen molar-refractivity contribution in [3.05, 3.63) is 93.5 Å². The highest BCUT2D eigenvalue weighted by Gasteiger charge is 2.34. The average Bonchev–Trinajstić information content (AvgIpc) is 2.89. The number of anilines is 1. The highest BCUT2D eigenvalue weighted by atomic mass is 35.5. The summed E-state index contributed by atoms with van der Waals surface area (Å²) in [5.74, 6) is 0.609. The van der Waals surface area contributed by atoms with Crippen LogP contribution in [-0.2, 0) is 0 Å². The van der Waals surface area contributed by atoms with Crippen molar-refractivity contribution in [3.8, 4) is 11.8 Å². The second-order valence-electron chi connectivity index (χ2n) is 8.96. The van der Waals surface area contributed by atoms with Crippen LogP contribution in [0, 0.1) is 11.3 Å². The van der Waals surface area contributed by atoms with Gasteiger partial charge in [-0.15, -0.1) is 0 Å². The van der Waals surface area contributed by atoms with Crippen molar-refractivity contribution < 1.29 is 14.9 Å². The van der Waals surface area contributed by atoms with Crippen LogP contribution in [0.1, 0.15) is 35.8 Å². The Morgan fingerprint density at radius 2 is 1.78 bits per heavy atom. The van der Waals surface area contributed by atoms with Gasteiger partial charge in [0.25, 0.3) is 0 Å². The van der Waals surface area contributed by atoms with Gasteiger partial charge in [-0.3, -0.25) is 4.90 Å². The SMILES string of the molecule is C[C@@H]1CN(c2ccc(OCCO)cc2Cl)[C@H](c2ccc(Cl)cc2)CN1C[C@@H](O)c1ccc(C#N)cc1. The Balaban J connectivity index is 1.59. The van der Waals surface area contributed by atoms with Crippen LogP contribution in [0.2, 0.25) is 10.0 Å². The van der Waals surface area contributed by atoms with Crippen LogP contribution in [0.5, 0.6) is 5.75 Å². The van der Waals surface area contributed by atoms with Gasteiger partial charge in [-0.1, -0.05) is 47.5 Å². The van der Waals surface area contributed by atoms with Crippen molar-refractivity contribution in [1.29, 1.82) is 5.26 Å². The van der Waals surface area contributed by atoms with E-state index in [1.165, 1.54) is 0 Å². The summed E-state index contributed by atoms with van der Waals surface area (Å²) in [4.78, 5) is 4.57. The second kappa shape index (κ2) is 12.0. The van der Waals surface area contributed by atoms with E-state index in [1.54, 1.807) is 30.3 Å². The molecule has 0 spiro atoms. The van der Waals surface area contributed by atoms with Crippen LogP contribution >= 0.6 is 23.2 Å². The Labute approximate surface area is 221 Å². The van der Waals surface area contributed by atoms with Gasteiger partial charge in [0, 0.05) is 36.8 Å². The zero-order chi connectivity index (χ0) is 25.7. The van der Waals surface area contributed by atoms with Crippen molar-refractivity contribution in [1.82, 2.24) is 4.90 Å². The largest absolute Gasteiger partial charge is 0.491 e. The van der Waals surface area contributed by atoms with E-state index < -0.39 is 6.10 Å². The molecule has 188 valence electrons. The Kier molecular flexibility index (Phi) is 8.73. The van der Waals surface area contributed by atoms with Gasteiger partial charge in [0.05, 0.1) is 41.1 Å². The smallest absolute Gasteiger partial charge is 0.121 e. The maximum atomic E-state index is 11.0. The first-order chi connectivity index (χ1) is 17.4. The summed E-state index contributed by atoms with van der Waals surface area (Å²) in [6.45, 7) is 4.13. The highest BCUT2D eigenvalue weighted by Crippen LogP contribution is 2.39. The molecule has 1 aliphatic rings. The number of benzene rings is 3. The molecule has 0 aromatic heterocycles. The van der Waals surface area contributed by atoms with Gasteiger partial charge in [-0.05, 0) is 54.4 Å². The second-order valence-corrected chi connectivity index (χ2v) is 9.80. The van der Waals surface area contributed by atoms with E-state index in [0.29, 0.717) is 41.0 Å². The number of aliphatic hydroxyl groups excluding tert-OH is 2. The summed E-state index contributed by atoms with van der Waals surface area (Å²) in [5.41, 5.74) is 3.35. The molecule has 36 heavy (non-hydrogen) atoms. The molecule has 0 amide bonds. The van der Waals surface area contributed by atoms with Crippen molar-refractivity contribution >= 4 is 28.9 Å². The lowest BCUT2D eigenvalue weighted by Gasteiger charge is -2.47. The normalized spacial score (nSPS) is 19.1. The molecule has 1 heterocycles. The number of ether oxygens (including phenoxy) is 1.